The molecule has 2 aromatic carbocycles. The quantitative estimate of drug-likeness (QED) is 0.251. The van der Waals surface area contributed by atoms with Crippen molar-refractivity contribution >= 4 is 40.3 Å². The molecule has 0 atom stereocenters. The van der Waals surface area contributed by atoms with E-state index < -0.39 is 0 Å². The van der Waals surface area contributed by atoms with Crippen LogP contribution in [0.4, 0.5) is 0 Å². The molecule has 0 N–H and O–H groups in total. The molecule has 8 heteroatoms. The van der Waals surface area contributed by atoms with Gasteiger partial charge >= 0.3 is 0 Å². The van der Waals surface area contributed by atoms with E-state index in [4.69, 9.17) is 31.2 Å². The molecule has 1 heterocycles. The first-order valence-electron chi connectivity index (χ1n) is 10.8. The highest BCUT2D eigenvalue weighted by molar-refractivity contribution is 8.26. The number of carbonyl (C=O) groups is 1. The SMILES string of the molecule is CCOc1cc(/C=C2/SC(=S)N(C)C2=O)ccc1OCCOCCOc1ccc(C)c(C)c1. The van der Waals surface area contributed by atoms with E-state index in [1.165, 1.54) is 27.8 Å². The van der Waals surface area contributed by atoms with Gasteiger partial charge in [-0.05, 0) is 67.8 Å². The predicted molar refractivity (Wildman–Crippen MR) is 136 cm³/mol. The number of benzene rings is 2. The van der Waals surface area contributed by atoms with Gasteiger partial charge in [0.05, 0.1) is 24.7 Å². The fourth-order valence-corrected chi connectivity index (χ4v) is 4.21. The van der Waals surface area contributed by atoms with Crippen molar-refractivity contribution < 1.29 is 23.7 Å². The highest BCUT2D eigenvalue weighted by atomic mass is 32.2. The number of ether oxygens (including phenoxy) is 4. The first-order chi connectivity index (χ1) is 15.9. The molecule has 2 aromatic rings. The van der Waals surface area contributed by atoms with Crippen LogP contribution in [0.3, 0.4) is 0 Å². The third-order valence-corrected chi connectivity index (χ3v) is 6.50. The zero-order valence-corrected chi connectivity index (χ0v) is 21.0. The number of carbonyl (C=O) groups excluding carboxylic acids is 1. The van der Waals surface area contributed by atoms with Crippen LogP contribution >= 0.6 is 24.0 Å². The highest BCUT2D eigenvalue weighted by Crippen LogP contribution is 2.34. The van der Waals surface area contributed by atoms with Crippen LogP contribution in [0.1, 0.15) is 23.6 Å². The van der Waals surface area contributed by atoms with E-state index in [1.807, 2.05) is 43.3 Å². The molecule has 3 rings (SSSR count). The van der Waals surface area contributed by atoms with Crippen molar-refractivity contribution in [3.05, 3.63) is 58.0 Å². The van der Waals surface area contributed by atoms with E-state index in [2.05, 4.69) is 19.9 Å². The Morgan fingerprint density at radius 2 is 1.70 bits per heavy atom. The summed E-state index contributed by atoms with van der Waals surface area (Å²) < 4.78 is 23.5. The number of rotatable bonds is 11. The molecule has 0 radical (unpaired) electrons. The molecule has 0 aromatic heterocycles. The van der Waals surface area contributed by atoms with E-state index in [-0.39, 0.29) is 5.91 Å². The van der Waals surface area contributed by atoms with Crippen LogP contribution in [0, 0.1) is 13.8 Å². The van der Waals surface area contributed by atoms with Gasteiger partial charge in [-0.15, -0.1) is 0 Å². The van der Waals surface area contributed by atoms with Gasteiger partial charge in [0.15, 0.2) is 11.5 Å². The Balaban J connectivity index is 1.46. The second-order valence-corrected chi connectivity index (χ2v) is 9.11. The predicted octanol–water partition coefficient (Wildman–Crippen LogP) is 5.01. The normalized spacial score (nSPS) is 14.8. The van der Waals surface area contributed by atoms with Crippen molar-refractivity contribution in [3.63, 3.8) is 0 Å². The topological polar surface area (TPSA) is 57.2 Å². The maximum atomic E-state index is 12.2. The number of thioether (sulfide) groups is 1. The summed E-state index contributed by atoms with van der Waals surface area (Å²) in [4.78, 5) is 14.3. The molecule has 1 amide bonds. The number of thiocarbonyl (C=S) groups is 1. The molecule has 1 aliphatic heterocycles. The number of aryl methyl sites for hydroxylation is 2. The third kappa shape index (κ3) is 6.96. The average Bonchev–Trinajstić information content (AvgIpc) is 3.03. The molecule has 1 fully saturated rings. The molecule has 0 spiro atoms. The Kier molecular flexibility index (Phi) is 9.17. The van der Waals surface area contributed by atoms with Crippen LogP contribution < -0.4 is 14.2 Å². The number of hydrogen-bond acceptors (Lipinski definition) is 7. The van der Waals surface area contributed by atoms with Gasteiger partial charge in [-0.1, -0.05) is 36.1 Å². The van der Waals surface area contributed by atoms with Gasteiger partial charge in [-0.2, -0.15) is 0 Å². The summed E-state index contributed by atoms with van der Waals surface area (Å²) in [5.74, 6) is 2.01. The van der Waals surface area contributed by atoms with E-state index in [0.29, 0.717) is 53.8 Å². The van der Waals surface area contributed by atoms with Gasteiger partial charge in [0, 0.05) is 7.05 Å². The summed E-state index contributed by atoms with van der Waals surface area (Å²) in [7, 11) is 1.68. The van der Waals surface area contributed by atoms with E-state index >= 15 is 0 Å². The Hall–Kier alpha value is -2.55. The van der Waals surface area contributed by atoms with Crippen molar-refractivity contribution in [3.8, 4) is 17.2 Å². The van der Waals surface area contributed by atoms with Crippen LogP contribution in [-0.4, -0.2) is 55.2 Å². The van der Waals surface area contributed by atoms with E-state index in [1.54, 1.807) is 7.05 Å². The van der Waals surface area contributed by atoms with Crippen molar-refractivity contribution in [2.24, 2.45) is 0 Å². The molecule has 0 aliphatic carbocycles. The number of hydrogen-bond donors (Lipinski definition) is 0. The summed E-state index contributed by atoms with van der Waals surface area (Å²) >= 11 is 6.48. The summed E-state index contributed by atoms with van der Waals surface area (Å²) in [6, 6.07) is 11.6. The summed E-state index contributed by atoms with van der Waals surface area (Å²) in [5, 5.41) is 0. The Bertz CT molecular complexity index is 1040. The van der Waals surface area contributed by atoms with Crippen LogP contribution in [0.15, 0.2) is 41.3 Å². The van der Waals surface area contributed by atoms with Crippen LogP contribution in [0.5, 0.6) is 17.2 Å². The van der Waals surface area contributed by atoms with Crippen LogP contribution in [-0.2, 0) is 9.53 Å². The zero-order chi connectivity index (χ0) is 23.8. The minimum atomic E-state index is -0.0954. The summed E-state index contributed by atoms with van der Waals surface area (Å²) in [5.41, 5.74) is 3.30. The molecule has 0 saturated carbocycles. The first kappa shape index (κ1) is 25.1. The first-order valence-corrected chi connectivity index (χ1v) is 12.0. The Morgan fingerprint density at radius 1 is 0.939 bits per heavy atom. The van der Waals surface area contributed by atoms with Gasteiger partial charge < -0.3 is 18.9 Å². The minimum Gasteiger partial charge on any atom is -0.491 e. The molecule has 33 heavy (non-hydrogen) atoms. The molecule has 0 bridgehead atoms. The number of amides is 1. The van der Waals surface area contributed by atoms with E-state index in [9.17, 15) is 4.79 Å². The van der Waals surface area contributed by atoms with Gasteiger partial charge in [0.1, 0.15) is 23.3 Å². The fourth-order valence-electron chi connectivity index (χ4n) is 3.03. The lowest BCUT2D eigenvalue weighted by Gasteiger charge is -2.13. The minimum absolute atomic E-state index is 0.0954. The molecule has 0 unspecified atom stereocenters. The van der Waals surface area contributed by atoms with Crippen LogP contribution in [0.2, 0.25) is 0 Å². The van der Waals surface area contributed by atoms with Crippen LogP contribution in [0.25, 0.3) is 6.08 Å². The van der Waals surface area contributed by atoms with Gasteiger partial charge in [-0.25, -0.2) is 0 Å². The summed E-state index contributed by atoms with van der Waals surface area (Å²) in [6.07, 6.45) is 1.81. The van der Waals surface area contributed by atoms with Gasteiger partial charge in [0.25, 0.3) is 5.91 Å². The highest BCUT2D eigenvalue weighted by Gasteiger charge is 2.28. The van der Waals surface area contributed by atoms with Gasteiger partial charge in [-0.3, -0.25) is 9.69 Å². The van der Waals surface area contributed by atoms with Crippen molar-refractivity contribution in [2.75, 3.05) is 40.1 Å². The lowest BCUT2D eigenvalue weighted by molar-refractivity contribution is -0.121. The fraction of sp³-hybridized carbons (Fsp3) is 0.360. The molecule has 6 nitrogen and oxygen atoms in total. The maximum absolute atomic E-state index is 12.2. The Labute approximate surface area is 204 Å². The smallest absolute Gasteiger partial charge is 0.265 e. The van der Waals surface area contributed by atoms with Crippen molar-refractivity contribution in [2.45, 2.75) is 20.8 Å². The van der Waals surface area contributed by atoms with Crippen molar-refractivity contribution in [1.82, 2.24) is 4.90 Å². The maximum Gasteiger partial charge on any atom is 0.265 e. The molecular weight excluding hydrogens is 458 g/mol. The number of likely N-dealkylation sites (N-methyl/N-ethyl adjacent to an activating group) is 1. The molecule has 176 valence electrons. The standard InChI is InChI=1S/C25H29NO5S2/c1-5-29-22-15-19(16-23-24(27)26(4)25(32)33-23)7-9-21(22)31-13-11-28-10-12-30-20-8-6-17(2)18(3)14-20/h6-9,14-16H,5,10-13H2,1-4H3/b23-16+. The summed E-state index contributed by atoms with van der Waals surface area (Å²) in [6.45, 7) is 8.33. The third-order valence-electron chi connectivity index (χ3n) is 5.01. The molecule has 1 saturated heterocycles. The van der Waals surface area contributed by atoms with Gasteiger partial charge in [0.2, 0.25) is 0 Å². The lowest BCUT2D eigenvalue weighted by atomic mass is 10.1. The monoisotopic (exact) mass is 487 g/mol. The molecule has 1 aliphatic rings. The number of nitrogens with zero attached hydrogens (tertiary/aromatic N) is 1. The van der Waals surface area contributed by atoms with E-state index in [0.717, 1.165) is 11.3 Å². The zero-order valence-electron chi connectivity index (χ0n) is 19.4. The largest absolute Gasteiger partial charge is 0.491 e. The lowest BCUT2D eigenvalue weighted by Crippen LogP contribution is -2.22. The Morgan fingerprint density at radius 3 is 2.36 bits per heavy atom. The second-order valence-electron chi connectivity index (χ2n) is 7.44. The second kappa shape index (κ2) is 12.1. The molecular formula is C25H29NO5S2. The van der Waals surface area contributed by atoms with Crippen molar-refractivity contribution in [1.29, 1.82) is 0 Å². The average molecular weight is 488 g/mol.